The van der Waals surface area contributed by atoms with Crippen molar-refractivity contribution in [3.8, 4) is 5.75 Å². The molecule has 1 N–H and O–H groups in total. The lowest BCUT2D eigenvalue weighted by atomic mass is 10.2. The molecule has 0 saturated heterocycles. The Kier molecular flexibility index (Phi) is 5.61. The monoisotopic (exact) mass is 342 g/mol. The summed E-state index contributed by atoms with van der Waals surface area (Å²) < 4.78 is 7.89. The number of aromatic nitrogens is 3. The van der Waals surface area contributed by atoms with Crippen LogP contribution in [0.1, 0.15) is 23.7 Å². The zero-order valence-electron chi connectivity index (χ0n) is 14.0. The van der Waals surface area contributed by atoms with E-state index in [-0.39, 0.29) is 0 Å². The van der Waals surface area contributed by atoms with Crippen molar-refractivity contribution in [1.29, 1.82) is 0 Å². The molecule has 24 heavy (non-hydrogen) atoms. The van der Waals surface area contributed by atoms with Crippen LogP contribution in [-0.4, -0.2) is 20.8 Å². The first-order valence-corrected chi connectivity index (χ1v) is 8.95. The molecular formula is C18H22N4OS. The maximum atomic E-state index is 5.92. The molecule has 0 bridgehead atoms. The number of rotatable bonds is 8. The Morgan fingerprint density at radius 3 is 2.96 bits per heavy atom. The third-order valence-corrected chi connectivity index (χ3v) is 4.33. The molecule has 0 fully saturated rings. The largest absolute Gasteiger partial charge is 0.487 e. The number of hydrogen-bond donors (Lipinski definition) is 1. The van der Waals surface area contributed by atoms with Gasteiger partial charge in [0.1, 0.15) is 12.4 Å². The smallest absolute Gasteiger partial charge is 0.131 e. The molecule has 0 spiro atoms. The van der Waals surface area contributed by atoms with E-state index in [0.717, 1.165) is 30.1 Å². The predicted molar refractivity (Wildman–Crippen MR) is 96.2 cm³/mol. The summed E-state index contributed by atoms with van der Waals surface area (Å²) in [5, 5.41) is 9.88. The van der Waals surface area contributed by atoms with Gasteiger partial charge in [0.25, 0.3) is 0 Å². The van der Waals surface area contributed by atoms with Gasteiger partial charge in [-0.05, 0) is 25.5 Å². The molecular weight excluding hydrogens is 320 g/mol. The summed E-state index contributed by atoms with van der Waals surface area (Å²) in [5.41, 5.74) is 5.12. The van der Waals surface area contributed by atoms with Crippen molar-refractivity contribution in [3.05, 3.63) is 64.4 Å². The van der Waals surface area contributed by atoms with Gasteiger partial charge in [0.05, 0.1) is 23.9 Å². The van der Waals surface area contributed by atoms with Crippen LogP contribution in [0.4, 0.5) is 0 Å². The van der Waals surface area contributed by atoms with E-state index in [0.29, 0.717) is 12.6 Å². The third-order valence-electron chi connectivity index (χ3n) is 3.70. The second-order valence-electron chi connectivity index (χ2n) is 5.90. The van der Waals surface area contributed by atoms with E-state index in [2.05, 4.69) is 41.5 Å². The van der Waals surface area contributed by atoms with Crippen LogP contribution in [-0.2, 0) is 19.7 Å². The van der Waals surface area contributed by atoms with Crippen LogP contribution in [0.25, 0.3) is 0 Å². The van der Waals surface area contributed by atoms with Crippen LogP contribution in [0.5, 0.6) is 5.75 Å². The van der Waals surface area contributed by atoms with E-state index in [4.69, 9.17) is 4.74 Å². The lowest BCUT2D eigenvalue weighted by Crippen LogP contribution is -2.30. The minimum Gasteiger partial charge on any atom is -0.487 e. The lowest BCUT2D eigenvalue weighted by Gasteiger charge is -2.16. The molecule has 0 aliphatic rings. The summed E-state index contributed by atoms with van der Waals surface area (Å²) in [7, 11) is 0. The molecule has 3 aromatic rings. The van der Waals surface area contributed by atoms with Gasteiger partial charge in [-0.2, -0.15) is 5.10 Å². The summed E-state index contributed by atoms with van der Waals surface area (Å²) >= 11 is 1.58. The van der Waals surface area contributed by atoms with Crippen LogP contribution < -0.4 is 10.1 Å². The predicted octanol–water partition coefficient (Wildman–Crippen LogP) is 3.41. The molecule has 3 rings (SSSR count). The molecule has 1 unspecified atom stereocenters. The number of ether oxygens (including phenoxy) is 1. The second-order valence-corrected chi connectivity index (χ2v) is 6.62. The highest BCUT2D eigenvalue weighted by Gasteiger charge is 2.08. The normalized spacial score (nSPS) is 12.2. The van der Waals surface area contributed by atoms with Crippen molar-refractivity contribution >= 4 is 11.3 Å². The van der Waals surface area contributed by atoms with Gasteiger partial charge in [0.2, 0.25) is 0 Å². The number of benzene rings is 1. The number of nitrogens with zero attached hydrogens (tertiary/aromatic N) is 3. The summed E-state index contributed by atoms with van der Waals surface area (Å²) in [4.78, 5) is 4.25. The number of para-hydroxylation sites is 1. The summed E-state index contributed by atoms with van der Waals surface area (Å²) in [6.45, 7) is 6.32. The quantitative estimate of drug-likeness (QED) is 0.682. The Labute approximate surface area is 146 Å². The molecule has 0 radical (unpaired) electrons. The van der Waals surface area contributed by atoms with Gasteiger partial charge < -0.3 is 10.1 Å². The second kappa shape index (κ2) is 8.08. The van der Waals surface area contributed by atoms with Gasteiger partial charge in [-0.25, -0.2) is 4.98 Å². The number of thiazole rings is 1. The molecule has 1 atom stereocenters. The van der Waals surface area contributed by atoms with E-state index in [1.165, 1.54) is 5.56 Å². The summed E-state index contributed by atoms with van der Waals surface area (Å²) in [6, 6.07) is 8.44. The Balaban J connectivity index is 1.54. The van der Waals surface area contributed by atoms with Crippen LogP contribution in [0.3, 0.4) is 0 Å². The molecule has 2 heterocycles. The SMILES string of the molecule is Cc1cnn(CC(C)NCc2ccccc2OCc2cscn2)c1. The van der Waals surface area contributed by atoms with Gasteiger partial charge in [-0.3, -0.25) is 4.68 Å². The van der Waals surface area contributed by atoms with E-state index < -0.39 is 0 Å². The first-order chi connectivity index (χ1) is 11.7. The van der Waals surface area contributed by atoms with Crippen molar-refractivity contribution in [1.82, 2.24) is 20.1 Å². The molecule has 1 aromatic carbocycles. The Bertz CT molecular complexity index is 754. The topological polar surface area (TPSA) is 52.0 Å². The molecule has 0 amide bonds. The minimum absolute atomic E-state index is 0.316. The van der Waals surface area contributed by atoms with Gasteiger partial charge in [0, 0.05) is 29.7 Å². The zero-order valence-corrected chi connectivity index (χ0v) is 14.8. The van der Waals surface area contributed by atoms with Crippen LogP contribution in [0, 0.1) is 6.92 Å². The van der Waals surface area contributed by atoms with Gasteiger partial charge in [-0.15, -0.1) is 11.3 Å². The van der Waals surface area contributed by atoms with E-state index in [9.17, 15) is 0 Å². The average Bonchev–Trinajstić information content (AvgIpc) is 3.23. The van der Waals surface area contributed by atoms with Gasteiger partial charge >= 0.3 is 0 Å². The molecule has 0 aliphatic heterocycles. The Morgan fingerprint density at radius 2 is 2.21 bits per heavy atom. The first-order valence-electron chi connectivity index (χ1n) is 8.01. The van der Waals surface area contributed by atoms with Crippen molar-refractivity contribution < 1.29 is 4.74 Å². The third kappa shape index (κ3) is 4.66. The van der Waals surface area contributed by atoms with Crippen molar-refractivity contribution in [2.75, 3.05) is 0 Å². The maximum Gasteiger partial charge on any atom is 0.131 e. The standard InChI is InChI=1S/C18H22N4OS/c1-14-7-21-22(9-14)10-15(2)19-8-16-5-3-4-6-18(16)23-11-17-12-24-13-20-17/h3-7,9,12-13,15,19H,8,10-11H2,1-2H3. The van der Waals surface area contributed by atoms with Crippen molar-refractivity contribution in [2.45, 2.75) is 39.6 Å². The number of hydrogen-bond acceptors (Lipinski definition) is 5. The molecule has 5 nitrogen and oxygen atoms in total. The van der Waals surface area contributed by atoms with Gasteiger partial charge in [-0.1, -0.05) is 18.2 Å². The maximum absolute atomic E-state index is 5.92. The fourth-order valence-corrected chi connectivity index (χ4v) is 2.99. The summed E-state index contributed by atoms with van der Waals surface area (Å²) in [5.74, 6) is 0.903. The average molecular weight is 342 g/mol. The van der Waals surface area contributed by atoms with Crippen molar-refractivity contribution in [2.24, 2.45) is 0 Å². The van der Waals surface area contributed by atoms with Crippen LogP contribution >= 0.6 is 11.3 Å². The van der Waals surface area contributed by atoms with E-state index in [1.807, 2.05) is 40.0 Å². The molecule has 6 heteroatoms. The minimum atomic E-state index is 0.316. The highest BCUT2D eigenvalue weighted by atomic mass is 32.1. The van der Waals surface area contributed by atoms with E-state index >= 15 is 0 Å². The highest BCUT2D eigenvalue weighted by Crippen LogP contribution is 2.19. The number of aryl methyl sites for hydroxylation is 1. The first kappa shape index (κ1) is 16.7. The molecule has 0 saturated carbocycles. The van der Waals surface area contributed by atoms with Crippen molar-refractivity contribution in [3.63, 3.8) is 0 Å². The summed E-state index contributed by atoms with van der Waals surface area (Å²) in [6.07, 6.45) is 3.94. The highest BCUT2D eigenvalue weighted by molar-refractivity contribution is 7.07. The zero-order chi connectivity index (χ0) is 16.8. The van der Waals surface area contributed by atoms with Crippen LogP contribution in [0.2, 0.25) is 0 Å². The molecule has 126 valence electrons. The Morgan fingerprint density at radius 1 is 1.33 bits per heavy atom. The fraction of sp³-hybridized carbons (Fsp3) is 0.333. The molecule has 0 aliphatic carbocycles. The fourth-order valence-electron chi connectivity index (χ4n) is 2.45. The number of nitrogens with one attached hydrogen (secondary N) is 1. The Hall–Kier alpha value is -2.18. The van der Waals surface area contributed by atoms with Gasteiger partial charge in [0.15, 0.2) is 0 Å². The lowest BCUT2D eigenvalue weighted by molar-refractivity contribution is 0.297. The van der Waals surface area contributed by atoms with Crippen LogP contribution in [0.15, 0.2) is 47.5 Å². The molecule has 2 aromatic heterocycles. The van der Waals surface area contributed by atoms with E-state index in [1.54, 1.807) is 11.3 Å².